The number of unbranched alkanes of at least 4 members (excludes halogenated alkanes) is 1. The monoisotopic (exact) mass is 276 g/mol. The first kappa shape index (κ1) is 15.9. The molecule has 0 aromatic heterocycles. The summed E-state index contributed by atoms with van der Waals surface area (Å²) in [4.78, 5) is 0. The van der Waals surface area contributed by atoms with Gasteiger partial charge in [0.05, 0.1) is 5.25 Å². The third-order valence-corrected chi connectivity index (χ3v) is 5.15. The second-order valence-corrected chi connectivity index (χ2v) is 8.01. The van der Waals surface area contributed by atoms with Crippen LogP contribution in [0.2, 0.25) is 0 Å². The van der Waals surface area contributed by atoms with Gasteiger partial charge >= 0.3 is 0 Å². The van der Waals surface area contributed by atoms with Crippen LogP contribution in [0.4, 0.5) is 0 Å². The minimum Gasteiger partial charge on any atom is -0.313 e. The van der Waals surface area contributed by atoms with Crippen molar-refractivity contribution in [3.05, 3.63) is 0 Å². The van der Waals surface area contributed by atoms with Crippen LogP contribution in [0.25, 0.3) is 0 Å². The van der Waals surface area contributed by atoms with Crippen LogP contribution in [0.1, 0.15) is 52.9 Å². The first-order valence-electron chi connectivity index (χ1n) is 7.13. The van der Waals surface area contributed by atoms with Gasteiger partial charge in [-0.15, -0.1) is 0 Å². The van der Waals surface area contributed by atoms with E-state index >= 15 is 0 Å². The fourth-order valence-electron chi connectivity index (χ4n) is 1.76. The highest BCUT2D eigenvalue weighted by Crippen LogP contribution is 2.18. The zero-order valence-corrected chi connectivity index (χ0v) is 12.7. The lowest BCUT2D eigenvalue weighted by Gasteiger charge is -2.14. The molecule has 0 heterocycles. The molecule has 5 heteroatoms. The summed E-state index contributed by atoms with van der Waals surface area (Å²) in [6.45, 7) is 7.28. The molecular formula is C13H28N2O2S. The molecule has 1 aliphatic carbocycles. The Morgan fingerprint density at radius 3 is 2.39 bits per heavy atom. The summed E-state index contributed by atoms with van der Waals surface area (Å²) < 4.78 is 26.5. The first-order chi connectivity index (χ1) is 8.42. The van der Waals surface area contributed by atoms with Gasteiger partial charge in [-0.3, -0.25) is 0 Å². The minimum absolute atomic E-state index is 0.344. The Balaban J connectivity index is 2.12. The molecular weight excluding hydrogens is 248 g/mol. The molecule has 1 fully saturated rings. The van der Waals surface area contributed by atoms with Gasteiger partial charge in [0.2, 0.25) is 10.0 Å². The van der Waals surface area contributed by atoms with Crippen molar-refractivity contribution in [2.24, 2.45) is 5.92 Å². The molecule has 1 rings (SSSR count). The summed E-state index contributed by atoms with van der Waals surface area (Å²) in [7, 11) is -3.14. The summed E-state index contributed by atoms with van der Waals surface area (Å²) in [5.74, 6) is 0.697. The van der Waals surface area contributed by atoms with Crippen molar-refractivity contribution in [1.82, 2.24) is 10.0 Å². The van der Waals surface area contributed by atoms with Crippen LogP contribution in [0, 0.1) is 5.92 Å². The molecule has 0 bridgehead atoms. The molecule has 0 amide bonds. The average molecular weight is 276 g/mol. The largest absolute Gasteiger partial charge is 0.313 e. The lowest BCUT2D eigenvalue weighted by molar-refractivity contribution is 0.525. The van der Waals surface area contributed by atoms with E-state index in [0.717, 1.165) is 12.8 Å². The van der Waals surface area contributed by atoms with E-state index in [2.05, 4.69) is 23.9 Å². The van der Waals surface area contributed by atoms with E-state index in [1.54, 1.807) is 6.92 Å². The predicted octanol–water partition coefficient (Wildman–Crippen LogP) is 1.87. The molecule has 1 saturated carbocycles. The number of hydrogen-bond donors (Lipinski definition) is 2. The highest BCUT2D eigenvalue weighted by molar-refractivity contribution is 7.90. The molecule has 0 saturated heterocycles. The van der Waals surface area contributed by atoms with Gasteiger partial charge in [0.15, 0.2) is 0 Å². The highest BCUT2D eigenvalue weighted by Gasteiger charge is 2.25. The highest BCUT2D eigenvalue weighted by atomic mass is 32.2. The average Bonchev–Trinajstić information content (AvgIpc) is 3.08. The van der Waals surface area contributed by atoms with Gasteiger partial charge in [-0.05, 0) is 32.1 Å². The topological polar surface area (TPSA) is 58.2 Å². The molecule has 0 aromatic rings. The maximum absolute atomic E-state index is 11.9. The number of sulfonamides is 1. The van der Waals surface area contributed by atoms with Crippen LogP contribution in [-0.4, -0.2) is 32.8 Å². The lowest BCUT2D eigenvalue weighted by Crippen LogP contribution is -2.39. The Bertz CT molecular complexity index is 324. The van der Waals surface area contributed by atoms with Crippen LogP contribution >= 0.6 is 0 Å². The number of rotatable bonds is 10. The van der Waals surface area contributed by atoms with Crippen LogP contribution < -0.4 is 10.0 Å². The van der Waals surface area contributed by atoms with E-state index in [0.29, 0.717) is 25.0 Å². The maximum atomic E-state index is 11.9. The molecule has 0 aromatic carbocycles. The molecule has 2 N–H and O–H groups in total. The van der Waals surface area contributed by atoms with E-state index in [-0.39, 0.29) is 5.25 Å². The SMILES string of the molecule is CC(C)CCCCNS(=O)(=O)C(C)CNC1CC1. The van der Waals surface area contributed by atoms with E-state index in [1.807, 2.05) is 0 Å². The van der Waals surface area contributed by atoms with Crippen molar-refractivity contribution in [1.29, 1.82) is 0 Å². The summed E-state index contributed by atoms with van der Waals surface area (Å²) >= 11 is 0. The Hall–Kier alpha value is -0.130. The van der Waals surface area contributed by atoms with Crippen molar-refractivity contribution < 1.29 is 8.42 Å². The van der Waals surface area contributed by atoms with Crippen LogP contribution in [-0.2, 0) is 10.0 Å². The standard InChI is InChI=1S/C13H28N2O2S/c1-11(2)6-4-5-9-15-18(16,17)12(3)10-14-13-7-8-13/h11-15H,4-10H2,1-3H3. The van der Waals surface area contributed by atoms with Gasteiger partial charge in [0.1, 0.15) is 0 Å². The Labute approximate surface area is 112 Å². The van der Waals surface area contributed by atoms with Crippen molar-refractivity contribution in [3.8, 4) is 0 Å². The summed E-state index contributed by atoms with van der Waals surface area (Å²) in [5, 5.41) is 2.92. The molecule has 1 aliphatic rings. The predicted molar refractivity (Wildman–Crippen MR) is 76.1 cm³/mol. The van der Waals surface area contributed by atoms with Crippen molar-refractivity contribution >= 4 is 10.0 Å². The second-order valence-electron chi connectivity index (χ2n) is 5.82. The Kier molecular flexibility index (Phi) is 6.60. The third kappa shape index (κ3) is 6.71. The van der Waals surface area contributed by atoms with Gasteiger partial charge in [-0.1, -0.05) is 26.7 Å². The third-order valence-electron chi connectivity index (χ3n) is 3.31. The lowest BCUT2D eigenvalue weighted by atomic mass is 10.1. The van der Waals surface area contributed by atoms with Crippen molar-refractivity contribution in [2.45, 2.75) is 64.2 Å². The van der Waals surface area contributed by atoms with E-state index in [1.165, 1.54) is 19.3 Å². The van der Waals surface area contributed by atoms with Crippen LogP contribution in [0.5, 0.6) is 0 Å². The van der Waals surface area contributed by atoms with E-state index < -0.39 is 10.0 Å². The van der Waals surface area contributed by atoms with Gasteiger partial charge in [-0.2, -0.15) is 0 Å². The molecule has 108 valence electrons. The summed E-state index contributed by atoms with van der Waals surface area (Å²) in [6.07, 6.45) is 5.57. The minimum atomic E-state index is -3.14. The zero-order valence-electron chi connectivity index (χ0n) is 11.9. The molecule has 1 atom stereocenters. The Morgan fingerprint density at radius 2 is 1.83 bits per heavy atom. The maximum Gasteiger partial charge on any atom is 0.215 e. The quantitative estimate of drug-likeness (QED) is 0.599. The summed E-state index contributed by atoms with van der Waals surface area (Å²) in [6, 6.07) is 0.564. The molecule has 1 unspecified atom stereocenters. The number of nitrogens with one attached hydrogen (secondary N) is 2. The van der Waals surface area contributed by atoms with Gasteiger partial charge in [-0.25, -0.2) is 13.1 Å². The van der Waals surface area contributed by atoms with E-state index in [9.17, 15) is 8.42 Å². The fourth-order valence-corrected chi connectivity index (χ4v) is 2.79. The normalized spacial score (nSPS) is 18.2. The molecule has 18 heavy (non-hydrogen) atoms. The zero-order chi connectivity index (χ0) is 13.6. The molecule has 0 spiro atoms. The molecule has 0 radical (unpaired) electrons. The Morgan fingerprint density at radius 1 is 1.17 bits per heavy atom. The molecule has 0 aliphatic heterocycles. The van der Waals surface area contributed by atoms with Gasteiger partial charge in [0.25, 0.3) is 0 Å². The van der Waals surface area contributed by atoms with Gasteiger partial charge < -0.3 is 5.32 Å². The molecule has 4 nitrogen and oxygen atoms in total. The first-order valence-corrected chi connectivity index (χ1v) is 8.68. The van der Waals surface area contributed by atoms with Gasteiger partial charge in [0, 0.05) is 19.1 Å². The smallest absolute Gasteiger partial charge is 0.215 e. The summed E-state index contributed by atoms with van der Waals surface area (Å²) in [5.41, 5.74) is 0. The second kappa shape index (κ2) is 7.46. The van der Waals surface area contributed by atoms with Crippen molar-refractivity contribution in [3.63, 3.8) is 0 Å². The van der Waals surface area contributed by atoms with Crippen LogP contribution in [0.3, 0.4) is 0 Å². The number of hydrogen-bond acceptors (Lipinski definition) is 3. The van der Waals surface area contributed by atoms with Crippen molar-refractivity contribution in [2.75, 3.05) is 13.1 Å². The van der Waals surface area contributed by atoms with E-state index in [4.69, 9.17) is 0 Å². The fraction of sp³-hybridized carbons (Fsp3) is 1.00. The van der Waals surface area contributed by atoms with Crippen LogP contribution in [0.15, 0.2) is 0 Å².